The van der Waals surface area contributed by atoms with Gasteiger partial charge in [-0.2, -0.15) is 0 Å². The van der Waals surface area contributed by atoms with Crippen LogP contribution in [0.4, 0.5) is 10.1 Å². The van der Waals surface area contributed by atoms with E-state index in [2.05, 4.69) is 10.4 Å². The number of carbonyl (C=O) groups is 1. The summed E-state index contributed by atoms with van der Waals surface area (Å²) in [7, 11) is 1.72. The van der Waals surface area contributed by atoms with Crippen LogP contribution in [-0.2, 0) is 0 Å². The number of aromatic nitrogens is 1. The van der Waals surface area contributed by atoms with E-state index in [4.69, 9.17) is 0 Å². The zero-order valence-corrected chi connectivity index (χ0v) is 11.7. The first kappa shape index (κ1) is 13.5. The molecule has 2 aromatic rings. The van der Waals surface area contributed by atoms with Crippen molar-refractivity contribution in [2.24, 2.45) is 0 Å². The molecule has 1 amide bonds. The van der Waals surface area contributed by atoms with E-state index in [1.54, 1.807) is 36.6 Å². The number of amides is 1. The lowest BCUT2D eigenvalue weighted by atomic mass is 10.1. The molecular weight excluding hydrogens is 269 g/mol. The van der Waals surface area contributed by atoms with E-state index in [9.17, 15) is 9.18 Å². The molecule has 3 rings (SSSR count). The summed E-state index contributed by atoms with van der Waals surface area (Å²) < 4.78 is 12.9. The van der Waals surface area contributed by atoms with Crippen LogP contribution in [0.1, 0.15) is 34.7 Å². The number of benzene rings is 1. The Bertz CT molecular complexity index is 653. The van der Waals surface area contributed by atoms with Gasteiger partial charge in [0.15, 0.2) is 0 Å². The maximum absolute atomic E-state index is 12.9. The van der Waals surface area contributed by atoms with Crippen molar-refractivity contribution in [3.05, 3.63) is 59.7 Å². The molecule has 0 atom stereocenters. The number of carbonyl (C=O) groups excluding carboxylic acids is 1. The summed E-state index contributed by atoms with van der Waals surface area (Å²) in [6.07, 6.45) is 5.56. The van der Waals surface area contributed by atoms with Gasteiger partial charge in [0, 0.05) is 19.4 Å². The van der Waals surface area contributed by atoms with E-state index in [0.717, 1.165) is 18.4 Å². The Morgan fingerprint density at radius 2 is 2.00 bits per heavy atom. The maximum Gasteiger partial charge on any atom is 0.271 e. The quantitative estimate of drug-likeness (QED) is 0.879. The van der Waals surface area contributed by atoms with E-state index >= 15 is 0 Å². The minimum atomic E-state index is -0.304. The average molecular weight is 285 g/mol. The number of nitrogens with one attached hydrogen (secondary N) is 1. The summed E-state index contributed by atoms with van der Waals surface area (Å²) in [6.45, 7) is 0. The van der Waals surface area contributed by atoms with Crippen molar-refractivity contribution in [1.82, 2.24) is 10.4 Å². The van der Waals surface area contributed by atoms with Crippen molar-refractivity contribution in [3.63, 3.8) is 0 Å². The molecular formula is C16H16FN3O. The van der Waals surface area contributed by atoms with Crippen LogP contribution < -0.4 is 10.4 Å². The molecule has 0 unspecified atom stereocenters. The van der Waals surface area contributed by atoms with Crippen molar-refractivity contribution < 1.29 is 9.18 Å². The second-order valence-corrected chi connectivity index (χ2v) is 5.21. The smallest absolute Gasteiger partial charge is 0.271 e. The highest BCUT2D eigenvalue weighted by molar-refractivity contribution is 5.96. The molecule has 1 N–H and O–H groups in total. The predicted molar refractivity (Wildman–Crippen MR) is 78.5 cm³/mol. The normalized spacial score (nSPS) is 13.8. The van der Waals surface area contributed by atoms with E-state index in [1.165, 1.54) is 12.1 Å². The summed E-state index contributed by atoms with van der Waals surface area (Å²) in [5.41, 5.74) is 5.15. The van der Waals surface area contributed by atoms with Crippen LogP contribution in [0.15, 0.2) is 42.7 Å². The van der Waals surface area contributed by atoms with Gasteiger partial charge in [0.05, 0.1) is 11.3 Å². The van der Waals surface area contributed by atoms with Crippen LogP contribution in [0.5, 0.6) is 0 Å². The molecule has 1 aliphatic carbocycles. The molecule has 0 aliphatic heterocycles. The first-order chi connectivity index (χ1) is 10.1. The van der Waals surface area contributed by atoms with Crippen molar-refractivity contribution in [3.8, 4) is 0 Å². The third-order valence-corrected chi connectivity index (χ3v) is 3.60. The zero-order valence-electron chi connectivity index (χ0n) is 11.7. The molecule has 21 heavy (non-hydrogen) atoms. The lowest BCUT2D eigenvalue weighted by Gasteiger charge is -2.21. The average Bonchev–Trinajstić information content (AvgIpc) is 3.32. The summed E-state index contributed by atoms with van der Waals surface area (Å²) in [5.74, 6) is -0.0246. The molecule has 5 heteroatoms. The third kappa shape index (κ3) is 3.02. The fourth-order valence-electron chi connectivity index (χ4n) is 2.29. The van der Waals surface area contributed by atoms with Gasteiger partial charge in [0.25, 0.3) is 5.91 Å². The molecule has 1 heterocycles. The minimum absolute atomic E-state index is 0.197. The van der Waals surface area contributed by atoms with E-state index < -0.39 is 0 Å². The van der Waals surface area contributed by atoms with Crippen LogP contribution in [-0.4, -0.2) is 17.9 Å². The topological polar surface area (TPSA) is 45.2 Å². The Hall–Kier alpha value is -2.43. The summed E-state index contributed by atoms with van der Waals surface area (Å²) in [4.78, 5) is 16.4. The summed E-state index contributed by atoms with van der Waals surface area (Å²) in [6, 6.07) is 7.85. The van der Waals surface area contributed by atoms with Gasteiger partial charge in [-0.15, -0.1) is 0 Å². The number of pyridine rings is 1. The fraction of sp³-hybridized carbons (Fsp3) is 0.250. The highest BCUT2D eigenvalue weighted by atomic mass is 19.1. The van der Waals surface area contributed by atoms with Gasteiger partial charge in [-0.25, -0.2) is 4.39 Å². The van der Waals surface area contributed by atoms with Gasteiger partial charge in [-0.1, -0.05) is 0 Å². The number of hydrazine groups is 1. The molecule has 1 aliphatic rings. The lowest BCUT2D eigenvalue weighted by molar-refractivity contribution is 0.0950. The third-order valence-electron chi connectivity index (χ3n) is 3.60. The molecule has 108 valence electrons. The number of anilines is 1. The molecule has 0 spiro atoms. The van der Waals surface area contributed by atoms with Crippen molar-refractivity contribution >= 4 is 11.6 Å². The maximum atomic E-state index is 12.9. The van der Waals surface area contributed by atoms with Crippen molar-refractivity contribution in [2.45, 2.75) is 18.8 Å². The number of rotatable bonds is 4. The Morgan fingerprint density at radius 3 is 2.67 bits per heavy atom. The van der Waals surface area contributed by atoms with Crippen molar-refractivity contribution in [2.75, 3.05) is 12.1 Å². The van der Waals surface area contributed by atoms with Crippen molar-refractivity contribution in [1.29, 1.82) is 0 Å². The van der Waals surface area contributed by atoms with Crippen LogP contribution in [0.2, 0.25) is 0 Å². The minimum Gasteiger partial charge on any atom is -0.288 e. The SMILES string of the molecule is CN(NC(=O)c1cnccc1C1CC1)c1ccc(F)cc1. The first-order valence-corrected chi connectivity index (χ1v) is 6.89. The van der Waals surface area contributed by atoms with Crippen LogP contribution in [0, 0.1) is 5.82 Å². The molecule has 1 aromatic carbocycles. The van der Waals surface area contributed by atoms with E-state index in [0.29, 0.717) is 17.2 Å². The molecule has 1 aromatic heterocycles. The second-order valence-electron chi connectivity index (χ2n) is 5.21. The van der Waals surface area contributed by atoms with Crippen LogP contribution in [0.3, 0.4) is 0 Å². The Morgan fingerprint density at radius 1 is 1.29 bits per heavy atom. The lowest BCUT2D eigenvalue weighted by Crippen LogP contribution is -2.39. The van der Waals surface area contributed by atoms with Gasteiger partial charge < -0.3 is 0 Å². The Labute approximate surface area is 122 Å². The largest absolute Gasteiger partial charge is 0.288 e. The van der Waals surface area contributed by atoms with E-state index in [1.807, 2.05) is 6.07 Å². The molecule has 1 saturated carbocycles. The van der Waals surface area contributed by atoms with Crippen LogP contribution in [0.25, 0.3) is 0 Å². The Kier molecular flexibility index (Phi) is 3.56. The standard InChI is InChI=1S/C16H16FN3O/c1-20(13-6-4-12(17)5-7-13)19-16(21)15-10-18-9-8-14(15)11-2-3-11/h4-11H,2-3H2,1H3,(H,19,21). The number of hydrogen-bond acceptors (Lipinski definition) is 3. The fourth-order valence-corrected chi connectivity index (χ4v) is 2.29. The summed E-state index contributed by atoms with van der Waals surface area (Å²) in [5, 5.41) is 1.57. The number of halogens is 1. The van der Waals surface area contributed by atoms with Gasteiger partial charge in [0.2, 0.25) is 0 Å². The van der Waals surface area contributed by atoms with Gasteiger partial charge in [-0.05, 0) is 54.7 Å². The van der Waals surface area contributed by atoms with E-state index in [-0.39, 0.29) is 11.7 Å². The molecule has 4 nitrogen and oxygen atoms in total. The summed E-state index contributed by atoms with van der Waals surface area (Å²) >= 11 is 0. The zero-order chi connectivity index (χ0) is 14.8. The molecule has 0 radical (unpaired) electrons. The molecule has 0 saturated heterocycles. The molecule has 0 bridgehead atoms. The predicted octanol–water partition coefficient (Wildman–Crippen LogP) is 2.88. The first-order valence-electron chi connectivity index (χ1n) is 6.89. The van der Waals surface area contributed by atoms with Gasteiger partial charge in [-0.3, -0.25) is 20.2 Å². The monoisotopic (exact) mass is 285 g/mol. The second kappa shape index (κ2) is 5.52. The van der Waals surface area contributed by atoms with Gasteiger partial charge >= 0.3 is 0 Å². The van der Waals surface area contributed by atoms with Gasteiger partial charge in [0.1, 0.15) is 5.82 Å². The highest BCUT2D eigenvalue weighted by Gasteiger charge is 2.28. The van der Waals surface area contributed by atoms with Crippen LogP contribution >= 0.6 is 0 Å². The number of hydrogen-bond donors (Lipinski definition) is 1. The number of nitrogens with zero attached hydrogens (tertiary/aromatic N) is 2. The highest BCUT2D eigenvalue weighted by Crippen LogP contribution is 2.41. The Balaban J connectivity index is 1.75. The molecule has 1 fully saturated rings.